The third kappa shape index (κ3) is 3.30. The molecule has 0 saturated heterocycles. The van der Waals surface area contributed by atoms with Gasteiger partial charge in [-0.3, -0.25) is 0 Å². The lowest BCUT2D eigenvalue weighted by atomic mass is 10.0. The Balaban J connectivity index is 2.51. The molecule has 0 aliphatic heterocycles. The zero-order valence-electron chi connectivity index (χ0n) is 11.5. The van der Waals surface area contributed by atoms with Crippen molar-refractivity contribution in [3.63, 3.8) is 0 Å². The Morgan fingerprint density at radius 2 is 1.75 bits per heavy atom. The molecule has 106 valence electrons. The molecule has 0 aliphatic rings. The van der Waals surface area contributed by atoms with E-state index in [1.807, 2.05) is 19.1 Å². The van der Waals surface area contributed by atoms with E-state index in [9.17, 15) is 13.5 Å². The first-order valence-corrected chi connectivity index (χ1v) is 7.88. The number of phenolic OH excluding ortho intramolecular Hbond substituents is 1. The van der Waals surface area contributed by atoms with Crippen molar-refractivity contribution in [3.8, 4) is 22.6 Å². The smallest absolute Gasteiger partial charge is 0.306 e. The molecule has 0 aliphatic carbocycles. The van der Waals surface area contributed by atoms with E-state index in [0.29, 0.717) is 16.7 Å². The normalized spacial score (nSPS) is 11.3. The highest BCUT2D eigenvalue weighted by Gasteiger charge is 2.11. The molecule has 0 saturated carbocycles. The number of hydrogen-bond donors (Lipinski definition) is 1. The zero-order valence-corrected chi connectivity index (χ0v) is 12.4. The molecular weight excluding hydrogens is 276 g/mol. The van der Waals surface area contributed by atoms with Gasteiger partial charge in [-0.05, 0) is 42.7 Å². The second-order valence-electron chi connectivity index (χ2n) is 4.79. The van der Waals surface area contributed by atoms with Gasteiger partial charge in [0.15, 0.2) is 0 Å². The quantitative estimate of drug-likeness (QED) is 0.883. The number of phenols is 1. The van der Waals surface area contributed by atoms with Gasteiger partial charge in [0.2, 0.25) is 0 Å². The number of hydrogen-bond acceptors (Lipinski definition) is 4. The van der Waals surface area contributed by atoms with E-state index in [-0.39, 0.29) is 11.5 Å². The SMILES string of the molecule is Cc1ccc(-c2ccc(C)c(OS(C)(=O)=O)c2)c(O)c1. The molecule has 5 heteroatoms. The molecule has 0 fully saturated rings. The van der Waals surface area contributed by atoms with Crippen LogP contribution in [0.5, 0.6) is 11.5 Å². The summed E-state index contributed by atoms with van der Waals surface area (Å²) in [5, 5.41) is 9.98. The van der Waals surface area contributed by atoms with Crippen LogP contribution in [0, 0.1) is 13.8 Å². The molecule has 0 aromatic heterocycles. The molecule has 4 nitrogen and oxygen atoms in total. The maximum atomic E-state index is 11.2. The van der Waals surface area contributed by atoms with Crippen LogP contribution in [-0.4, -0.2) is 19.8 Å². The molecule has 2 rings (SSSR count). The first-order valence-electron chi connectivity index (χ1n) is 6.06. The van der Waals surface area contributed by atoms with Crippen molar-refractivity contribution in [2.75, 3.05) is 6.26 Å². The van der Waals surface area contributed by atoms with Crippen molar-refractivity contribution in [3.05, 3.63) is 47.5 Å². The Kier molecular flexibility index (Phi) is 3.72. The molecule has 0 unspecified atom stereocenters. The second kappa shape index (κ2) is 5.17. The van der Waals surface area contributed by atoms with E-state index >= 15 is 0 Å². The van der Waals surface area contributed by atoms with E-state index in [4.69, 9.17) is 4.18 Å². The van der Waals surface area contributed by atoms with Gasteiger partial charge in [-0.1, -0.05) is 24.3 Å². The topological polar surface area (TPSA) is 63.6 Å². The fourth-order valence-electron chi connectivity index (χ4n) is 1.91. The third-order valence-corrected chi connectivity index (χ3v) is 3.38. The molecule has 0 radical (unpaired) electrons. The van der Waals surface area contributed by atoms with Crippen LogP contribution >= 0.6 is 0 Å². The van der Waals surface area contributed by atoms with Crippen LogP contribution in [0.3, 0.4) is 0 Å². The minimum atomic E-state index is -3.58. The van der Waals surface area contributed by atoms with Gasteiger partial charge in [-0.15, -0.1) is 0 Å². The van der Waals surface area contributed by atoms with Gasteiger partial charge < -0.3 is 9.29 Å². The molecular formula is C15H16O4S. The van der Waals surface area contributed by atoms with Crippen molar-refractivity contribution in [1.82, 2.24) is 0 Å². The number of aryl methyl sites for hydroxylation is 2. The molecule has 2 aromatic rings. The third-order valence-electron chi connectivity index (χ3n) is 2.89. The first kappa shape index (κ1) is 14.4. The molecule has 0 spiro atoms. The Labute approximate surface area is 118 Å². The van der Waals surface area contributed by atoms with Gasteiger partial charge in [0.25, 0.3) is 0 Å². The molecule has 0 bridgehead atoms. The largest absolute Gasteiger partial charge is 0.507 e. The van der Waals surface area contributed by atoms with Gasteiger partial charge in [0.05, 0.1) is 6.26 Å². The van der Waals surface area contributed by atoms with Crippen molar-refractivity contribution in [2.45, 2.75) is 13.8 Å². The van der Waals surface area contributed by atoms with Crippen molar-refractivity contribution in [1.29, 1.82) is 0 Å². The summed E-state index contributed by atoms with van der Waals surface area (Å²) < 4.78 is 27.4. The predicted molar refractivity (Wildman–Crippen MR) is 78.5 cm³/mol. The Morgan fingerprint density at radius 3 is 2.35 bits per heavy atom. The average Bonchev–Trinajstić information content (AvgIpc) is 2.30. The summed E-state index contributed by atoms with van der Waals surface area (Å²) in [6.45, 7) is 3.65. The highest BCUT2D eigenvalue weighted by atomic mass is 32.2. The van der Waals surface area contributed by atoms with Gasteiger partial charge in [-0.2, -0.15) is 8.42 Å². The molecule has 20 heavy (non-hydrogen) atoms. The Bertz CT molecular complexity index is 748. The Morgan fingerprint density at radius 1 is 1.05 bits per heavy atom. The van der Waals surface area contributed by atoms with Crippen molar-refractivity contribution in [2.24, 2.45) is 0 Å². The summed E-state index contributed by atoms with van der Waals surface area (Å²) in [6.07, 6.45) is 1.00. The predicted octanol–water partition coefficient (Wildman–Crippen LogP) is 3.01. The van der Waals surface area contributed by atoms with Gasteiger partial charge in [0.1, 0.15) is 11.5 Å². The second-order valence-corrected chi connectivity index (χ2v) is 6.36. The monoisotopic (exact) mass is 292 g/mol. The summed E-state index contributed by atoms with van der Waals surface area (Å²) in [7, 11) is -3.58. The summed E-state index contributed by atoms with van der Waals surface area (Å²) >= 11 is 0. The van der Waals surface area contributed by atoms with Crippen LogP contribution in [-0.2, 0) is 10.1 Å². The van der Waals surface area contributed by atoms with E-state index in [2.05, 4.69) is 0 Å². The minimum Gasteiger partial charge on any atom is -0.507 e. The van der Waals surface area contributed by atoms with Crippen LogP contribution in [0.2, 0.25) is 0 Å². The molecule has 0 heterocycles. The molecule has 2 aromatic carbocycles. The zero-order chi connectivity index (χ0) is 14.9. The summed E-state index contributed by atoms with van der Waals surface area (Å²) in [4.78, 5) is 0. The Hall–Kier alpha value is -2.01. The number of benzene rings is 2. The summed E-state index contributed by atoms with van der Waals surface area (Å²) in [6, 6.07) is 10.5. The summed E-state index contributed by atoms with van der Waals surface area (Å²) in [5.74, 6) is 0.420. The maximum Gasteiger partial charge on any atom is 0.306 e. The first-order chi connectivity index (χ1) is 9.26. The fraction of sp³-hybridized carbons (Fsp3) is 0.200. The van der Waals surface area contributed by atoms with Crippen LogP contribution in [0.15, 0.2) is 36.4 Å². The van der Waals surface area contributed by atoms with Gasteiger partial charge in [0, 0.05) is 5.56 Å². The number of rotatable bonds is 3. The van der Waals surface area contributed by atoms with Crippen molar-refractivity contribution < 1.29 is 17.7 Å². The highest BCUT2D eigenvalue weighted by Crippen LogP contribution is 2.33. The van der Waals surface area contributed by atoms with Gasteiger partial charge >= 0.3 is 10.1 Å². The van der Waals surface area contributed by atoms with Crippen LogP contribution in [0.25, 0.3) is 11.1 Å². The lowest BCUT2D eigenvalue weighted by Crippen LogP contribution is -2.06. The highest BCUT2D eigenvalue weighted by molar-refractivity contribution is 7.86. The van der Waals surface area contributed by atoms with E-state index < -0.39 is 10.1 Å². The van der Waals surface area contributed by atoms with Crippen molar-refractivity contribution >= 4 is 10.1 Å². The molecule has 1 N–H and O–H groups in total. The maximum absolute atomic E-state index is 11.2. The van der Waals surface area contributed by atoms with Gasteiger partial charge in [-0.25, -0.2) is 0 Å². The standard InChI is InChI=1S/C15H16O4S/c1-10-4-7-13(14(16)8-10)12-6-5-11(2)15(9-12)19-20(3,17)18/h4-9,16H,1-3H3. The minimum absolute atomic E-state index is 0.152. The lowest BCUT2D eigenvalue weighted by molar-refractivity contribution is 0.477. The fourth-order valence-corrected chi connectivity index (χ4v) is 2.41. The van der Waals surface area contributed by atoms with E-state index in [1.54, 1.807) is 31.2 Å². The number of aromatic hydroxyl groups is 1. The molecule has 0 amide bonds. The van der Waals surface area contributed by atoms with E-state index in [0.717, 1.165) is 11.8 Å². The molecule has 0 atom stereocenters. The summed E-state index contributed by atoms with van der Waals surface area (Å²) in [5.41, 5.74) is 3.00. The van der Waals surface area contributed by atoms with E-state index in [1.165, 1.54) is 0 Å². The van der Waals surface area contributed by atoms with Crippen LogP contribution in [0.1, 0.15) is 11.1 Å². The average molecular weight is 292 g/mol. The van der Waals surface area contributed by atoms with Crippen LogP contribution in [0.4, 0.5) is 0 Å². The van der Waals surface area contributed by atoms with Crippen LogP contribution < -0.4 is 4.18 Å². The lowest BCUT2D eigenvalue weighted by Gasteiger charge is -2.10.